The van der Waals surface area contributed by atoms with Gasteiger partial charge in [0.05, 0.1) is 11.7 Å². The van der Waals surface area contributed by atoms with Crippen molar-refractivity contribution in [3.8, 4) is 0 Å². The topological polar surface area (TPSA) is 42.7 Å². The Labute approximate surface area is 128 Å². The Kier molecular flexibility index (Phi) is 4.60. The van der Waals surface area contributed by atoms with E-state index in [4.69, 9.17) is 0 Å². The number of aromatic nitrogens is 3. The van der Waals surface area contributed by atoms with E-state index in [0.29, 0.717) is 0 Å². The van der Waals surface area contributed by atoms with Gasteiger partial charge in [0.1, 0.15) is 0 Å². The summed E-state index contributed by atoms with van der Waals surface area (Å²) in [5, 5.41) is 11.8. The summed E-state index contributed by atoms with van der Waals surface area (Å²) >= 11 is 3.51. The molecule has 0 bridgehead atoms. The van der Waals surface area contributed by atoms with E-state index in [1.54, 1.807) is 0 Å². The molecule has 108 valence electrons. The van der Waals surface area contributed by atoms with E-state index >= 15 is 0 Å². The normalized spacial score (nSPS) is 12.7. The van der Waals surface area contributed by atoms with Crippen LogP contribution in [0, 0.1) is 20.8 Å². The minimum atomic E-state index is 0.0926. The number of nitrogens with zero attached hydrogens (tertiary/aromatic N) is 3. The molecule has 4 nitrogen and oxygen atoms in total. The fourth-order valence-electron chi connectivity index (χ4n) is 2.83. The van der Waals surface area contributed by atoms with Gasteiger partial charge in [-0.25, -0.2) is 4.68 Å². The molecule has 0 saturated heterocycles. The molecule has 2 rings (SSSR count). The molecule has 0 aliphatic heterocycles. The van der Waals surface area contributed by atoms with Gasteiger partial charge in [-0.3, -0.25) is 0 Å². The molecular formula is C15H21BrN4. The van der Waals surface area contributed by atoms with Gasteiger partial charge in [-0.2, -0.15) is 0 Å². The third-order valence-corrected chi connectivity index (χ3v) is 4.10. The highest BCUT2D eigenvalue weighted by atomic mass is 79.9. The summed E-state index contributed by atoms with van der Waals surface area (Å²) in [6, 6.07) is 4.55. The van der Waals surface area contributed by atoms with Gasteiger partial charge >= 0.3 is 0 Å². The Morgan fingerprint density at radius 3 is 2.30 bits per heavy atom. The van der Waals surface area contributed by atoms with E-state index < -0.39 is 0 Å². The van der Waals surface area contributed by atoms with Gasteiger partial charge in [0.25, 0.3) is 0 Å². The number of hydrogen-bond acceptors (Lipinski definition) is 3. The molecule has 1 aromatic heterocycles. The lowest BCUT2D eigenvalue weighted by atomic mass is 9.92. The molecule has 1 atom stereocenters. The van der Waals surface area contributed by atoms with Crippen molar-refractivity contribution in [2.24, 2.45) is 7.05 Å². The predicted molar refractivity (Wildman–Crippen MR) is 84.9 cm³/mol. The Morgan fingerprint density at radius 1 is 1.25 bits per heavy atom. The minimum absolute atomic E-state index is 0.0926. The summed E-state index contributed by atoms with van der Waals surface area (Å²) in [6.45, 7) is 9.46. The van der Waals surface area contributed by atoms with E-state index in [9.17, 15) is 0 Å². The average molecular weight is 337 g/mol. The Morgan fingerprint density at radius 2 is 1.85 bits per heavy atom. The van der Waals surface area contributed by atoms with Crippen molar-refractivity contribution < 1.29 is 0 Å². The number of benzene rings is 1. The lowest BCUT2D eigenvalue weighted by molar-refractivity contribution is 0.563. The molecule has 0 aliphatic rings. The molecule has 2 aromatic rings. The SMILES string of the molecule is CCNC(c1c(C)cc(C)cc1C)c1c(Br)nnn1C. The zero-order valence-corrected chi connectivity index (χ0v) is 14.2. The van der Waals surface area contributed by atoms with Gasteiger partial charge in [0.2, 0.25) is 0 Å². The van der Waals surface area contributed by atoms with Gasteiger partial charge in [-0.05, 0) is 59.9 Å². The summed E-state index contributed by atoms with van der Waals surface area (Å²) in [5.41, 5.74) is 6.25. The maximum Gasteiger partial charge on any atom is 0.153 e. The second kappa shape index (κ2) is 6.06. The standard InChI is InChI=1S/C15H21BrN4/c1-6-17-13(14-15(16)18-19-20(14)5)12-10(3)7-9(2)8-11(12)4/h7-8,13,17H,6H2,1-5H3. The zero-order chi connectivity index (χ0) is 14.9. The van der Waals surface area contributed by atoms with E-state index in [0.717, 1.165) is 16.8 Å². The first-order chi connectivity index (χ1) is 9.45. The van der Waals surface area contributed by atoms with E-state index in [1.807, 2.05) is 11.7 Å². The number of hydrogen-bond donors (Lipinski definition) is 1. The highest BCUT2D eigenvalue weighted by molar-refractivity contribution is 9.10. The molecular weight excluding hydrogens is 316 g/mol. The second-order valence-electron chi connectivity index (χ2n) is 5.19. The zero-order valence-electron chi connectivity index (χ0n) is 12.7. The second-order valence-corrected chi connectivity index (χ2v) is 5.94. The minimum Gasteiger partial charge on any atom is -0.305 e. The molecule has 0 fully saturated rings. The van der Waals surface area contributed by atoms with Crippen LogP contribution in [0.25, 0.3) is 0 Å². The molecule has 1 heterocycles. The summed E-state index contributed by atoms with van der Waals surface area (Å²) in [4.78, 5) is 0. The monoisotopic (exact) mass is 336 g/mol. The Hall–Kier alpha value is -1.20. The fourth-order valence-corrected chi connectivity index (χ4v) is 3.39. The van der Waals surface area contributed by atoms with Crippen molar-refractivity contribution in [2.45, 2.75) is 33.7 Å². The molecule has 0 aliphatic carbocycles. The van der Waals surface area contributed by atoms with Crippen molar-refractivity contribution in [1.29, 1.82) is 0 Å². The smallest absolute Gasteiger partial charge is 0.153 e. The number of aryl methyl sites for hydroxylation is 4. The average Bonchev–Trinajstić information content (AvgIpc) is 2.67. The van der Waals surface area contributed by atoms with Crippen LogP contribution in [0.15, 0.2) is 16.7 Å². The molecule has 0 saturated carbocycles. The maximum absolute atomic E-state index is 4.11. The van der Waals surface area contributed by atoms with Crippen molar-refractivity contribution in [3.05, 3.63) is 44.7 Å². The largest absolute Gasteiger partial charge is 0.305 e. The Balaban J connectivity index is 2.61. The van der Waals surface area contributed by atoms with Crippen LogP contribution in [0.4, 0.5) is 0 Å². The van der Waals surface area contributed by atoms with Crippen LogP contribution in [0.5, 0.6) is 0 Å². The first-order valence-electron chi connectivity index (χ1n) is 6.81. The quantitative estimate of drug-likeness (QED) is 0.932. The fraction of sp³-hybridized carbons (Fsp3) is 0.467. The van der Waals surface area contributed by atoms with Crippen LogP contribution in [0.2, 0.25) is 0 Å². The Bertz CT molecular complexity index is 576. The van der Waals surface area contributed by atoms with Gasteiger partial charge in [0, 0.05) is 7.05 Å². The molecule has 0 spiro atoms. The molecule has 1 unspecified atom stereocenters. The van der Waals surface area contributed by atoms with Gasteiger partial charge in [-0.15, -0.1) is 5.10 Å². The van der Waals surface area contributed by atoms with Gasteiger partial charge < -0.3 is 5.32 Å². The third kappa shape index (κ3) is 2.79. The van der Waals surface area contributed by atoms with E-state index in [-0.39, 0.29) is 6.04 Å². The highest BCUT2D eigenvalue weighted by Gasteiger charge is 2.24. The molecule has 0 amide bonds. The lowest BCUT2D eigenvalue weighted by Crippen LogP contribution is -2.26. The van der Waals surface area contributed by atoms with Gasteiger partial charge in [-0.1, -0.05) is 29.8 Å². The van der Waals surface area contributed by atoms with Gasteiger partial charge in [0.15, 0.2) is 4.60 Å². The molecule has 1 aromatic carbocycles. The lowest BCUT2D eigenvalue weighted by Gasteiger charge is -2.23. The van der Waals surface area contributed by atoms with Crippen LogP contribution in [-0.4, -0.2) is 21.5 Å². The third-order valence-electron chi connectivity index (χ3n) is 3.54. The number of halogens is 1. The maximum atomic E-state index is 4.11. The molecule has 5 heteroatoms. The van der Waals surface area contributed by atoms with Crippen LogP contribution in [-0.2, 0) is 7.05 Å². The summed E-state index contributed by atoms with van der Waals surface area (Å²) in [7, 11) is 1.93. The first kappa shape index (κ1) is 15.2. The molecule has 1 N–H and O–H groups in total. The van der Waals surface area contributed by atoms with Crippen molar-refractivity contribution in [1.82, 2.24) is 20.3 Å². The number of nitrogens with one attached hydrogen (secondary N) is 1. The molecule has 0 radical (unpaired) electrons. The van der Waals surface area contributed by atoms with Crippen molar-refractivity contribution in [3.63, 3.8) is 0 Å². The van der Waals surface area contributed by atoms with Crippen LogP contribution in [0.3, 0.4) is 0 Å². The summed E-state index contributed by atoms with van der Waals surface area (Å²) < 4.78 is 2.63. The van der Waals surface area contributed by atoms with Crippen LogP contribution in [0.1, 0.15) is 40.9 Å². The van der Waals surface area contributed by atoms with E-state index in [1.165, 1.54) is 22.3 Å². The highest BCUT2D eigenvalue weighted by Crippen LogP contribution is 2.31. The summed E-state index contributed by atoms with van der Waals surface area (Å²) in [5.74, 6) is 0. The van der Waals surface area contributed by atoms with Crippen LogP contribution < -0.4 is 5.32 Å². The molecule has 20 heavy (non-hydrogen) atoms. The summed E-state index contributed by atoms with van der Waals surface area (Å²) in [6.07, 6.45) is 0. The van der Waals surface area contributed by atoms with E-state index in [2.05, 4.69) is 71.4 Å². The van der Waals surface area contributed by atoms with Crippen molar-refractivity contribution >= 4 is 15.9 Å². The van der Waals surface area contributed by atoms with Crippen molar-refractivity contribution in [2.75, 3.05) is 6.54 Å². The first-order valence-corrected chi connectivity index (χ1v) is 7.61. The predicted octanol–water partition coefficient (Wildman–Crippen LogP) is 3.20. The van der Waals surface area contributed by atoms with Crippen LogP contribution >= 0.6 is 15.9 Å². The number of rotatable bonds is 4.